The molecule has 12 nitrogen and oxygen atoms in total. The van der Waals surface area contributed by atoms with E-state index in [1.165, 1.54) is 11.8 Å². The van der Waals surface area contributed by atoms with Crippen molar-refractivity contribution in [1.82, 2.24) is 10.6 Å². The molecule has 13 heteroatoms. The first kappa shape index (κ1) is 27.1. The first-order chi connectivity index (χ1) is 13.5. The number of rotatable bonds is 14. The Bertz CT molecular complexity index is 576. The Morgan fingerprint density at radius 3 is 2.00 bits per heavy atom. The van der Waals surface area contributed by atoms with Crippen LogP contribution in [0.1, 0.15) is 19.8 Å². The van der Waals surface area contributed by atoms with Crippen molar-refractivity contribution in [1.29, 1.82) is 0 Å². The maximum absolute atomic E-state index is 12.2. The molecule has 0 aliphatic heterocycles. The second-order valence-corrected chi connectivity index (χ2v) is 7.21. The van der Waals surface area contributed by atoms with Crippen LogP contribution >= 0.6 is 11.8 Å². The minimum Gasteiger partial charge on any atom is -0.480 e. The van der Waals surface area contributed by atoms with Gasteiger partial charge >= 0.3 is 11.9 Å². The number of carboxylic acid groups (broad SMARTS) is 2. The minimum absolute atomic E-state index is 0.151. The third-order valence-electron chi connectivity index (χ3n) is 4.07. The lowest BCUT2D eigenvalue weighted by molar-refractivity contribution is -0.162. The number of thioether (sulfide) groups is 1. The number of hydrogen-bond acceptors (Lipinski definition) is 9. The lowest BCUT2D eigenvalue weighted by Crippen LogP contribution is -2.51. The van der Waals surface area contributed by atoms with Crippen molar-refractivity contribution in [2.24, 2.45) is 5.92 Å². The summed E-state index contributed by atoms with van der Waals surface area (Å²) < 4.78 is 0. The van der Waals surface area contributed by atoms with Crippen molar-refractivity contribution in [3.63, 3.8) is 0 Å². The monoisotopic (exact) mass is 440 g/mol. The van der Waals surface area contributed by atoms with E-state index < -0.39 is 66.7 Å². The predicted molar refractivity (Wildman–Crippen MR) is 101 cm³/mol. The summed E-state index contributed by atoms with van der Waals surface area (Å²) in [4.78, 5) is 45.9. The summed E-state index contributed by atoms with van der Waals surface area (Å²) in [5.74, 6) is -5.00. The van der Waals surface area contributed by atoms with E-state index in [1.54, 1.807) is 13.2 Å². The maximum atomic E-state index is 12.2. The van der Waals surface area contributed by atoms with Crippen LogP contribution in [-0.4, -0.2) is 103 Å². The van der Waals surface area contributed by atoms with Gasteiger partial charge < -0.3 is 41.3 Å². The summed E-state index contributed by atoms with van der Waals surface area (Å²) in [5.41, 5.74) is 0. The van der Waals surface area contributed by atoms with E-state index in [4.69, 9.17) is 15.3 Å². The molecule has 0 fully saturated rings. The van der Waals surface area contributed by atoms with Gasteiger partial charge in [0.25, 0.3) is 0 Å². The highest BCUT2D eigenvalue weighted by molar-refractivity contribution is 7.98. The van der Waals surface area contributed by atoms with Gasteiger partial charge in [-0.2, -0.15) is 11.8 Å². The molecule has 0 unspecified atom stereocenters. The zero-order valence-corrected chi connectivity index (χ0v) is 16.8. The van der Waals surface area contributed by atoms with Crippen LogP contribution < -0.4 is 10.6 Å². The van der Waals surface area contributed by atoms with E-state index in [0.29, 0.717) is 0 Å². The molecule has 0 radical (unpaired) electrons. The second kappa shape index (κ2) is 13.3. The van der Waals surface area contributed by atoms with Gasteiger partial charge in [0.1, 0.15) is 18.2 Å². The number of carbonyl (C=O) groups is 4. The van der Waals surface area contributed by atoms with Gasteiger partial charge in [-0.05, 0) is 12.7 Å². The number of aliphatic hydroxyl groups is 4. The Morgan fingerprint density at radius 1 is 0.966 bits per heavy atom. The lowest BCUT2D eigenvalue weighted by Gasteiger charge is -2.25. The Kier molecular flexibility index (Phi) is 12.4. The molecule has 0 heterocycles. The number of aliphatic carboxylic acids is 2. The number of carboxylic acids is 2. The Hall–Kier alpha value is -1.93. The van der Waals surface area contributed by atoms with E-state index in [-0.39, 0.29) is 18.6 Å². The fourth-order valence-electron chi connectivity index (χ4n) is 2.25. The lowest BCUT2D eigenvalue weighted by atomic mass is 10.00. The zero-order chi connectivity index (χ0) is 22.7. The van der Waals surface area contributed by atoms with E-state index in [9.17, 15) is 34.5 Å². The van der Waals surface area contributed by atoms with Gasteiger partial charge in [-0.25, -0.2) is 9.59 Å². The molecular weight excluding hydrogens is 412 g/mol. The molecule has 0 aromatic heterocycles. The summed E-state index contributed by atoms with van der Waals surface area (Å²) >= 11 is 1.23. The van der Waals surface area contributed by atoms with Crippen LogP contribution in [0.25, 0.3) is 0 Å². The van der Waals surface area contributed by atoms with Crippen LogP contribution in [0.15, 0.2) is 0 Å². The zero-order valence-electron chi connectivity index (χ0n) is 16.0. The van der Waals surface area contributed by atoms with Crippen LogP contribution in [-0.2, 0) is 19.2 Å². The standard InChI is InChI=1S/C16H28N2O10S/c1-3-7(14(24)18-8(6-29-2)15(25)26)4-10(20)17-5-9(19)11(21)12(22)13(23)16(27)28/h7-9,11-13,19,21-23H,3-6H2,1-2H3,(H,17,20)(H,18,24)(H,25,26)(H,27,28)/t7-,8-,9-,11+,12+,13-/m1/s1. The smallest absolute Gasteiger partial charge is 0.335 e. The second-order valence-electron chi connectivity index (χ2n) is 6.30. The quantitative estimate of drug-likeness (QED) is 0.136. The van der Waals surface area contributed by atoms with Crippen molar-refractivity contribution in [3.05, 3.63) is 0 Å². The molecule has 8 N–H and O–H groups in total. The molecule has 0 aliphatic carbocycles. The predicted octanol–water partition coefficient (Wildman–Crippen LogP) is -3.02. The average molecular weight is 440 g/mol. The highest BCUT2D eigenvalue weighted by Gasteiger charge is 2.34. The molecule has 2 amide bonds. The molecule has 0 spiro atoms. The normalized spacial score (nSPS) is 17.3. The molecular formula is C16H28N2O10S. The summed E-state index contributed by atoms with van der Waals surface area (Å²) in [5, 5.41) is 60.2. The highest BCUT2D eigenvalue weighted by atomic mass is 32.2. The van der Waals surface area contributed by atoms with Gasteiger partial charge in [-0.3, -0.25) is 9.59 Å². The first-order valence-electron chi connectivity index (χ1n) is 8.70. The molecule has 0 aliphatic rings. The molecule has 0 aromatic carbocycles. The van der Waals surface area contributed by atoms with Crippen molar-refractivity contribution >= 4 is 35.5 Å². The number of carbonyl (C=O) groups excluding carboxylic acids is 2. The van der Waals surface area contributed by atoms with Gasteiger partial charge in [0.15, 0.2) is 6.10 Å². The molecule has 0 saturated heterocycles. The fourth-order valence-corrected chi connectivity index (χ4v) is 2.81. The van der Waals surface area contributed by atoms with Gasteiger partial charge in [0, 0.05) is 24.6 Å². The SMILES string of the molecule is CC[C@H](CC(=O)NC[C@@H](O)[C@H](O)[C@H](O)[C@@H](O)C(=O)O)C(=O)N[C@H](CSC)C(=O)O. The molecule has 0 saturated carbocycles. The van der Waals surface area contributed by atoms with Crippen molar-refractivity contribution in [3.8, 4) is 0 Å². The third kappa shape index (κ3) is 9.41. The van der Waals surface area contributed by atoms with Crippen LogP contribution in [0.2, 0.25) is 0 Å². The number of amides is 2. The largest absolute Gasteiger partial charge is 0.480 e. The minimum atomic E-state index is -2.33. The molecule has 29 heavy (non-hydrogen) atoms. The molecule has 168 valence electrons. The van der Waals surface area contributed by atoms with Crippen molar-refractivity contribution in [2.45, 2.75) is 50.2 Å². The average Bonchev–Trinajstić information content (AvgIpc) is 2.67. The van der Waals surface area contributed by atoms with Crippen LogP contribution in [0.3, 0.4) is 0 Å². The van der Waals surface area contributed by atoms with Crippen molar-refractivity contribution in [2.75, 3.05) is 18.6 Å². The van der Waals surface area contributed by atoms with Crippen molar-refractivity contribution < 1.29 is 49.8 Å². The highest BCUT2D eigenvalue weighted by Crippen LogP contribution is 2.10. The number of nitrogens with one attached hydrogen (secondary N) is 2. The van der Waals surface area contributed by atoms with Gasteiger partial charge in [-0.15, -0.1) is 0 Å². The first-order valence-corrected chi connectivity index (χ1v) is 10.1. The maximum Gasteiger partial charge on any atom is 0.335 e. The van der Waals surface area contributed by atoms with Crippen LogP contribution in [0.4, 0.5) is 0 Å². The summed E-state index contributed by atoms with van der Waals surface area (Å²) in [6.07, 6.45) is -6.75. The van der Waals surface area contributed by atoms with E-state index >= 15 is 0 Å². The summed E-state index contributed by atoms with van der Waals surface area (Å²) in [6.45, 7) is 1.05. The van der Waals surface area contributed by atoms with Gasteiger partial charge in [0.2, 0.25) is 11.8 Å². The van der Waals surface area contributed by atoms with Gasteiger partial charge in [0.05, 0.1) is 6.10 Å². The topological polar surface area (TPSA) is 214 Å². The van der Waals surface area contributed by atoms with Gasteiger partial charge in [-0.1, -0.05) is 6.92 Å². The Balaban J connectivity index is 4.67. The van der Waals surface area contributed by atoms with E-state index in [2.05, 4.69) is 10.6 Å². The summed E-state index contributed by atoms with van der Waals surface area (Å²) in [6, 6.07) is -1.10. The van der Waals surface area contributed by atoms with Crippen LogP contribution in [0, 0.1) is 5.92 Å². The Labute approximate surface area is 171 Å². The molecule has 0 aromatic rings. The molecule has 0 rings (SSSR count). The number of hydrogen-bond donors (Lipinski definition) is 8. The number of aliphatic hydroxyl groups excluding tert-OH is 4. The van der Waals surface area contributed by atoms with E-state index in [1.807, 2.05) is 0 Å². The fraction of sp³-hybridized carbons (Fsp3) is 0.750. The Morgan fingerprint density at radius 2 is 1.55 bits per heavy atom. The van der Waals surface area contributed by atoms with E-state index in [0.717, 1.165) is 0 Å². The third-order valence-corrected chi connectivity index (χ3v) is 4.74. The van der Waals surface area contributed by atoms with Crippen LogP contribution in [0.5, 0.6) is 0 Å². The molecule has 6 atom stereocenters. The summed E-state index contributed by atoms with van der Waals surface area (Å²) in [7, 11) is 0. The molecule has 0 bridgehead atoms.